The SMILES string of the molecule is Cc1nn(-c2ccc(F)cc2)c(C)c1CC(=O)NC1(C(=O)O)CCCCCC1. The van der Waals surface area contributed by atoms with E-state index in [4.69, 9.17) is 0 Å². The molecular weight excluding hydrogens is 361 g/mol. The van der Waals surface area contributed by atoms with Crippen molar-refractivity contribution in [2.45, 2.75) is 64.3 Å². The Morgan fingerprint density at radius 2 is 1.75 bits per heavy atom. The first-order valence-corrected chi connectivity index (χ1v) is 9.68. The summed E-state index contributed by atoms with van der Waals surface area (Å²) in [6.07, 6.45) is 4.57. The molecule has 1 aliphatic carbocycles. The summed E-state index contributed by atoms with van der Waals surface area (Å²) in [5, 5.41) is 17.0. The molecule has 150 valence electrons. The molecule has 6 nitrogen and oxygen atoms in total. The molecule has 2 aromatic rings. The second kappa shape index (κ2) is 8.12. The van der Waals surface area contributed by atoms with E-state index in [1.165, 1.54) is 12.1 Å². The van der Waals surface area contributed by atoms with Gasteiger partial charge in [-0.25, -0.2) is 13.9 Å². The zero-order valence-electron chi connectivity index (χ0n) is 16.3. The number of hydrogen-bond donors (Lipinski definition) is 2. The van der Waals surface area contributed by atoms with E-state index in [0.717, 1.165) is 36.9 Å². The molecule has 0 aliphatic heterocycles. The molecule has 0 saturated heterocycles. The molecule has 1 saturated carbocycles. The van der Waals surface area contributed by atoms with Gasteiger partial charge in [-0.1, -0.05) is 25.7 Å². The molecule has 28 heavy (non-hydrogen) atoms. The van der Waals surface area contributed by atoms with Crippen LogP contribution in [0.25, 0.3) is 5.69 Å². The van der Waals surface area contributed by atoms with Crippen molar-refractivity contribution >= 4 is 11.9 Å². The number of nitrogens with one attached hydrogen (secondary N) is 1. The van der Waals surface area contributed by atoms with Crippen LogP contribution in [-0.4, -0.2) is 32.3 Å². The molecule has 1 fully saturated rings. The minimum atomic E-state index is -1.18. The first-order chi connectivity index (χ1) is 13.3. The Balaban J connectivity index is 1.80. The van der Waals surface area contributed by atoms with Gasteiger partial charge in [0.1, 0.15) is 11.4 Å². The molecule has 0 radical (unpaired) electrons. The summed E-state index contributed by atoms with van der Waals surface area (Å²) in [6.45, 7) is 3.67. The van der Waals surface area contributed by atoms with Gasteiger partial charge >= 0.3 is 5.97 Å². The van der Waals surface area contributed by atoms with Crippen LogP contribution in [0.5, 0.6) is 0 Å². The highest BCUT2D eigenvalue weighted by Gasteiger charge is 2.40. The lowest BCUT2D eigenvalue weighted by molar-refractivity contribution is -0.148. The Labute approximate surface area is 163 Å². The Hall–Kier alpha value is -2.70. The van der Waals surface area contributed by atoms with Crippen molar-refractivity contribution in [3.05, 3.63) is 47.0 Å². The average Bonchev–Trinajstić information content (AvgIpc) is 2.83. The molecule has 0 atom stereocenters. The fraction of sp³-hybridized carbons (Fsp3) is 0.476. The molecule has 1 aromatic heterocycles. The summed E-state index contributed by atoms with van der Waals surface area (Å²) in [5.74, 6) is -1.60. The van der Waals surface area contributed by atoms with E-state index in [2.05, 4.69) is 10.4 Å². The van der Waals surface area contributed by atoms with Gasteiger partial charge in [0.15, 0.2) is 0 Å². The van der Waals surface area contributed by atoms with E-state index < -0.39 is 11.5 Å². The maximum absolute atomic E-state index is 13.2. The minimum absolute atomic E-state index is 0.0634. The van der Waals surface area contributed by atoms with Gasteiger partial charge in [0.05, 0.1) is 17.8 Å². The van der Waals surface area contributed by atoms with Gasteiger partial charge in [-0.05, 0) is 51.0 Å². The highest BCUT2D eigenvalue weighted by Crippen LogP contribution is 2.28. The number of carboxylic acids is 1. The number of carbonyl (C=O) groups excluding carboxylic acids is 1. The number of carbonyl (C=O) groups is 2. The summed E-state index contributed by atoms with van der Waals surface area (Å²) in [5.41, 5.74) is 1.77. The number of aliphatic carboxylic acids is 1. The summed E-state index contributed by atoms with van der Waals surface area (Å²) < 4.78 is 14.9. The van der Waals surface area contributed by atoms with Gasteiger partial charge in [-0.15, -0.1) is 0 Å². The van der Waals surface area contributed by atoms with E-state index in [0.29, 0.717) is 24.2 Å². The molecule has 1 aromatic carbocycles. The van der Waals surface area contributed by atoms with Crippen molar-refractivity contribution in [2.24, 2.45) is 0 Å². The van der Waals surface area contributed by atoms with Crippen LogP contribution in [0.2, 0.25) is 0 Å². The van der Waals surface area contributed by atoms with Gasteiger partial charge in [-0.2, -0.15) is 5.10 Å². The predicted molar refractivity (Wildman–Crippen MR) is 103 cm³/mol. The maximum atomic E-state index is 13.2. The van der Waals surface area contributed by atoms with Gasteiger partial charge in [0, 0.05) is 11.3 Å². The Morgan fingerprint density at radius 3 is 2.32 bits per heavy atom. The lowest BCUT2D eigenvalue weighted by Crippen LogP contribution is -2.54. The third-order valence-electron chi connectivity index (χ3n) is 5.59. The van der Waals surface area contributed by atoms with E-state index in [1.54, 1.807) is 16.8 Å². The standard InChI is InChI=1S/C21H26FN3O3/c1-14-18(15(2)25(24-14)17-9-7-16(22)8-10-17)13-19(26)23-21(20(27)28)11-5-3-4-6-12-21/h7-10H,3-6,11-13H2,1-2H3,(H,23,26)(H,27,28). The largest absolute Gasteiger partial charge is 0.480 e. The second-order valence-corrected chi connectivity index (χ2v) is 7.56. The number of aryl methyl sites for hydroxylation is 1. The number of aromatic nitrogens is 2. The number of carboxylic acid groups (broad SMARTS) is 1. The van der Waals surface area contributed by atoms with Crippen LogP contribution in [0.15, 0.2) is 24.3 Å². The minimum Gasteiger partial charge on any atom is -0.480 e. The lowest BCUT2D eigenvalue weighted by Gasteiger charge is -2.29. The summed E-state index contributed by atoms with van der Waals surface area (Å²) >= 11 is 0. The number of hydrogen-bond acceptors (Lipinski definition) is 3. The van der Waals surface area contributed by atoms with Crippen LogP contribution in [0.4, 0.5) is 4.39 Å². The molecule has 0 unspecified atom stereocenters. The van der Waals surface area contributed by atoms with E-state index in [9.17, 15) is 19.1 Å². The van der Waals surface area contributed by atoms with Gasteiger partial charge < -0.3 is 10.4 Å². The molecular formula is C21H26FN3O3. The normalized spacial score (nSPS) is 16.4. The van der Waals surface area contributed by atoms with Crippen LogP contribution in [0.3, 0.4) is 0 Å². The first-order valence-electron chi connectivity index (χ1n) is 9.68. The van der Waals surface area contributed by atoms with E-state index in [-0.39, 0.29) is 18.1 Å². The van der Waals surface area contributed by atoms with Gasteiger partial charge in [0.2, 0.25) is 5.91 Å². The number of halogens is 1. The molecule has 1 amide bonds. The van der Waals surface area contributed by atoms with Crippen LogP contribution < -0.4 is 5.32 Å². The zero-order valence-corrected chi connectivity index (χ0v) is 16.3. The summed E-state index contributed by atoms with van der Waals surface area (Å²) in [7, 11) is 0. The average molecular weight is 387 g/mol. The van der Waals surface area contributed by atoms with Crippen molar-refractivity contribution in [1.82, 2.24) is 15.1 Å². The maximum Gasteiger partial charge on any atom is 0.329 e. The number of amides is 1. The van der Waals surface area contributed by atoms with Gasteiger partial charge in [-0.3, -0.25) is 4.79 Å². The first kappa shape index (κ1) is 20.0. The van der Waals surface area contributed by atoms with Crippen LogP contribution in [0.1, 0.15) is 55.5 Å². The molecule has 3 rings (SSSR count). The smallest absolute Gasteiger partial charge is 0.329 e. The van der Waals surface area contributed by atoms with Gasteiger partial charge in [0.25, 0.3) is 0 Å². The highest BCUT2D eigenvalue weighted by molar-refractivity contribution is 5.88. The number of rotatable bonds is 5. The monoisotopic (exact) mass is 387 g/mol. The number of benzene rings is 1. The fourth-order valence-electron chi connectivity index (χ4n) is 3.96. The quantitative estimate of drug-likeness (QED) is 0.770. The van der Waals surface area contributed by atoms with Crippen LogP contribution >= 0.6 is 0 Å². The highest BCUT2D eigenvalue weighted by atomic mass is 19.1. The molecule has 1 heterocycles. The number of nitrogens with zero attached hydrogens (tertiary/aromatic N) is 2. The Bertz CT molecular complexity index is 866. The van der Waals surface area contributed by atoms with Crippen LogP contribution in [-0.2, 0) is 16.0 Å². The summed E-state index contributed by atoms with van der Waals surface area (Å²) in [6, 6.07) is 5.98. The van der Waals surface area contributed by atoms with Crippen molar-refractivity contribution in [2.75, 3.05) is 0 Å². The third kappa shape index (κ3) is 4.08. The molecule has 1 aliphatic rings. The molecule has 2 N–H and O–H groups in total. The second-order valence-electron chi connectivity index (χ2n) is 7.56. The molecule has 7 heteroatoms. The third-order valence-corrected chi connectivity index (χ3v) is 5.59. The Morgan fingerprint density at radius 1 is 1.14 bits per heavy atom. The van der Waals surface area contributed by atoms with Crippen molar-refractivity contribution < 1.29 is 19.1 Å². The molecule has 0 bridgehead atoms. The Kier molecular flexibility index (Phi) is 5.82. The summed E-state index contributed by atoms with van der Waals surface area (Å²) in [4.78, 5) is 24.6. The zero-order chi connectivity index (χ0) is 20.3. The van der Waals surface area contributed by atoms with Crippen molar-refractivity contribution in [3.63, 3.8) is 0 Å². The molecule has 0 spiro atoms. The van der Waals surface area contributed by atoms with Crippen molar-refractivity contribution in [1.29, 1.82) is 0 Å². The predicted octanol–water partition coefficient (Wildman–Crippen LogP) is 3.46. The fourth-order valence-corrected chi connectivity index (χ4v) is 3.96. The van der Waals surface area contributed by atoms with Crippen LogP contribution in [0, 0.1) is 19.7 Å². The van der Waals surface area contributed by atoms with E-state index >= 15 is 0 Å². The lowest BCUT2D eigenvalue weighted by atomic mass is 9.90. The van der Waals surface area contributed by atoms with Crippen molar-refractivity contribution in [3.8, 4) is 5.69 Å². The topological polar surface area (TPSA) is 84.2 Å². The van der Waals surface area contributed by atoms with E-state index in [1.807, 2.05) is 13.8 Å².